The molecule has 2 rings (SSSR count). The molecule has 2 aromatic rings. The fraction of sp³-hybridized carbons (Fsp3) is 0.286. The molecule has 0 spiro atoms. The van der Waals surface area contributed by atoms with Gasteiger partial charge in [-0.15, -0.1) is 0 Å². The van der Waals surface area contributed by atoms with Crippen LogP contribution in [0.1, 0.15) is 19.0 Å². The van der Waals surface area contributed by atoms with E-state index in [1.165, 1.54) is 0 Å². The largest absolute Gasteiger partial charge is 0.372 e. The summed E-state index contributed by atoms with van der Waals surface area (Å²) in [6.45, 7) is 2.11. The molecule has 0 fully saturated rings. The van der Waals surface area contributed by atoms with Crippen LogP contribution in [0.2, 0.25) is 10.0 Å². The van der Waals surface area contributed by atoms with Gasteiger partial charge in [-0.1, -0.05) is 36.5 Å². The second-order valence-corrected chi connectivity index (χ2v) is 5.92. The monoisotopic (exact) mass is 373 g/mol. The smallest absolute Gasteiger partial charge is 0.163 e. The Labute approximate surface area is 136 Å². The van der Waals surface area contributed by atoms with Crippen LogP contribution in [0, 0.1) is 0 Å². The van der Waals surface area contributed by atoms with Gasteiger partial charge in [0.15, 0.2) is 5.82 Å². The van der Waals surface area contributed by atoms with Gasteiger partial charge in [0.2, 0.25) is 0 Å². The minimum Gasteiger partial charge on any atom is -0.372 e. The SMILES string of the molecule is CCCc1nc(-c2cc(Cl)ccc2Cl)nc(NC)c1Br. The summed E-state index contributed by atoms with van der Waals surface area (Å²) in [4.78, 5) is 9.10. The third-order valence-electron chi connectivity index (χ3n) is 2.81. The highest BCUT2D eigenvalue weighted by Gasteiger charge is 2.14. The first-order chi connectivity index (χ1) is 9.56. The standard InChI is InChI=1S/C14H14BrCl2N3/c1-3-4-11-12(15)14(18-2)20-13(19-11)9-7-8(16)5-6-10(9)17/h5-7H,3-4H2,1-2H3,(H,18,19,20). The van der Waals surface area contributed by atoms with E-state index in [4.69, 9.17) is 23.2 Å². The summed E-state index contributed by atoms with van der Waals surface area (Å²) >= 11 is 15.8. The highest BCUT2D eigenvalue weighted by molar-refractivity contribution is 9.10. The first-order valence-electron chi connectivity index (χ1n) is 6.26. The average molecular weight is 375 g/mol. The van der Waals surface area contributed by atoms with Crippen LogP contribution < -0.4 is 5.32 Å². The molecule has 0 saturated heterocycles. The number of nitrogens with zero attached hydrogens (tertiary/aromatic N) is 2. The van der Waals surface area contributed by atoms with Crippen LogP contribution >= 0.6 is 39.1 Å². The number of nitrogens with one attached hydrogen (secondary N) is 1. The predicted octanol–water partition coefficient (Wildman–Crippen LogP) is 5.21. The van der Waals surface area contributed by atoms with E-state index < -0.39 is 0 Å². The summed E-state index contributed by atoms with van der Waals surface area (Å²) < 4.78 is 0.892. The summed E-state index contributed by atoms with van der Waals surface area (Å²) in [6, 6.07) is 5.28. The third-order valence-corrected chi connectivity index (χ3v) is 4.21. The lowest BCUT2D eigenvalue weighted by atomic mass is 10.2. The number of hydrogen-bond acceptors (Lipinski definition) is 3. The zero-order chi connectivity index (χ0) is 14.7. The molecule has 0 radical (unpaired) electrons. The molecule has 1 heterocycles. The Morgan fingerprint density at radius 3 is 2.65 bits per heavy atom. The number of anilines is 1. The zero-order valence-electron chi connectivity index (χ0n) is 11.2. The Morgan fingerprint density at radius 1 is 1.25 bits per heavy atom. The lowest BCUT2D eigenvalue weighted by Crippen LogP contribution is -2.03. The van der Waals surface area contributed by atoms with E-state index in [9.17, 15) is 0 Å². The number of halogens is 3. The lowest BCUT2D eigenvalue weighted by molar-refractivity contribution is 0.869. The van der Waals surface area contributed by atoms with E-state index in [0.717, 1.165) is 34.4 Å². The van der Waals surface area contributed by atoms with Crippen molar-refractivity contribution >= 4 is 44.9 Å². The Hall–Kier alpha value is -0.840. The van der Waals surface area contributed by atoms with Gasteiger partial charge in [-0.3, -0.25) is 0 Å². The molecule has 6 heteroatoms. The molecule has 0 unspecified atom stereocenters. The molecule has 0 saturated carbocycles. The number of benzene rings is 1. The van der Waals surface area contributed by atoms with Crippen molar-refractivity contribution in [1.82, 2.24) is 9.97 Å². The van der Waals surface area contributed by atoms with E-state index in [1.807, 2.05) is 7.05 Å². The molecule has 0 bridgehead atoms. The van der Waals surface area contributed by atoms with E-state index in [-0.39, 0.29) is 0 Å². The van der Waals surface area contributed by atoms with Crippen molar-refractivity contribution in [1.29, 1.82) is 0 Å². The van der Waals surface area contributed by atoms with Crippen LogP contribution in [0.25, 0.3) is 11.4 Å². The quantitative estimate of drug-likeness (QED) is 0.798. The van der Waals surface area contributed by atoms with Crippen LogP contribution in [0.4, 0.5) is 5.82 Å². The summed E-state index contributed by atoms with van der Waals surface area (Å²) in [6.07, 6.45) is 1.87. The number of aryl methyl sites for hydroxylation is 1. The fourth-order valence-corrected chi connectivity index (χ4v) is 2.80. The van der Waals surface area contributed by atoms with E-state index >= 15 is 0 Å². The van der Waals surface area contributed by atoms with Gasteiger partial charge in [0.05, 0.1) is 15.2 Å². The number of rotatable bonds is 4. The average Bonchev–Trinajstić information content (AvgIpc) is 2.44. The van der Waals surface area contributed by atoms with Gasteiger partial charge in [-0.2, -0.15) is 0 Å². The maximum Gasteiger partial charge on any atom is 0.163 e. The zero-order valence-corrected chi connectivity index (χ0v) is 14.3. The molecule has 3 nitrogen and oxygen atoms in total. The van der Waals surface area contributed by atoms with Crippen molar-refractivity contribution in [3.8, 4) is 11.4 Å². The molecule has 1 aromatic carbocycles. The van der Waals surface area contributed by atoms with Gasteiger partial charge in [-0.05, 0) is 40.5 Å². The number of hydrogen-bond donors (Lipinski definition) is 1. The normalized spacial score (nSPS) is 10.7. The van der Waals surface area contributed by atoms with Crippen molar-refractivity contribution in [2.75, 3.05) is 12.4 Å². The summed E-state index contributed by atoms with van der Waals surface area (Å²) in [5.74, 6) is 1.32. The van der Waals surface area contributed by atoms with Crippen molar-refractivity contribution < 1.29 is 0 Å². The Balaban J connectivity index is 2.61. The second-order valence-electron chi connectivity index (χ2n) is 4.28. The van der Waals surface area contributed by atoms with Gasteiger partial charge in [0.25, 0.3) is 0 Å². The maximum atomic E-state index is 6.22. The van der Waals surface area contributed by atoms with Crippen LogP contribution in [0.15, 0.2) is 22.7 Å². The first-order valence-corrected chi connectivity index (χ1v) is 7.81. The molecule has 1 N–H and O–H groups in total. The molecular formula is C14H14BrCl2N3. The second kappa shape index (κ2) is 6.74. The van der Waals surface area contributed by atoms with Crippen molar-refractivity contribution in [2.45, 2.75) is 19.8 Å². The Bertz CT molecular complexity index is 632. The molecule has 1 aromatic heterocycles. The van der Waals surface area contributed by atoms with Crippen LogP contribution in [0.5, 0.6) is 0 Å². The molecule has 0 atom stereocenters. The van der Waals surface area contributed by atoms with Gasteiger partial charge in [0, 0.05) is 17.6 Å². The van der Waals surface area contributed by atoms with E-state index in [2.05, 4.69) is 38.1 Å². The van der Waals surface area contributed by atoms with Crippen molar-refractivity contribution in [3.63, 3.8) is 0 Å². The van der Waals surface area contributed by atoms with Gasteiger partial charge in [-0.25, -0.2) is 9.97 Å². The summed E-state index contributed by atoms with van der Waals surface area (Å²) in [5, 5.41) is 4.26. The van der Waals surface area contributed by atoms with E-state index in [1.54, 1.807) is 18.2 Å². The molecular weight excluding hydrogens is 361 g/mol. The highest BCUT2D eigenvalue weighted by Crippen LogP contribution is 2.32. The first kappa shape index (κ1) is 15.5. The minimum atomic E-state index is 0.577. The minimum absolute atomic E-state index is 0.577. The lowest BCUT2D eigenvalue weighted by Gasteiger charge is -2.11. The number of aromatic nitrogens is 2. The predicted molar refractivity (Wildman–Crippen MR) is 88.7 cm³/mol. The van der Waals surface area contributed by atoms with Crippen LogP contribution in [-0.2, 0) is 6.42 Å². The van der Waals surface area contributed by atoms with Crippen molar-refractivity contribution in [2.24, 2.45) is 0 Å². The molecule has 20 heavy (non-hydrogen) atoms. The van der Waals surface area contributed by atoms with Gasteiger partial charge >= 0.3 is 0 Å². The molecule has 0 amide bonds. The highest BCUT2D eigenvalue weighted by atomic mass is 79.9. The molecule has 0 aliphatic rings. The summed E-state index contributed by atoms with van der Waals surface area (Å²) in [5.41, 5.74) is 1.69. The van der Waals surface area contributed by atoms with Gasteiger partial charge < -0.3 is 5.32 Å². The maximum absolute atomic E-state index is 6.22. The van der Waals surface area contributed by atoms with Gasteiger partial charge in [0.1, 0.15) is 5.82 Å². The summed E-state index contributed by atoms with van der Waals surface area (Å²) in [7, 11) is 1.83. The molecule has 0 aliphatic heterocycles. The van der Waals surface area contributed by atoms with Crippen LogP contribution in [-0.4, -0.2) is 17.0 Å². The Morgan fingerprint density at radius 2 is 2.00 bits per heavy atom. The molecule has 106 valence electrons. The van der Waals surface area contributed by atoms with Crippen LogP contribution in [0.3, 0.4) is 0 Å². The van der Waals surface area contributed by atoms with E-state index in [0.29, 0.717) is 15.9 Å². The third kappa shape index (κ3) is 3.25. The topological polar surface area (TPSA) is 37.8 Å². The van der Waals surface area contributed by atoms with Crippen molar-refractivity contribution in [3.05, 3.63) is 38.4 Å². The fourth-order valence-electron chi connectivity index (χ4n) is 1.85. The Kier molecular flexibility index (Phi) is 5.24. The molecule has 0 aliphatic carbocycles.